The highest BCUT2D eigenvalue weighted by molar-refractivity contribution is 5.86. The average Bonchev–Trinajstić information content (AvgIpc) is 2.47. The minimum absolute atomic E-state index is 0.370. The summed E-state index contributed by atoms with van der Waals surface area (Å²) >= 11 is 0. The van der Waals surface area contributed by atoms with Crippen LogP contribution in [0.2, 0.25) is 0 Å². The summed E-state index contributed by atoms with van der Waals surface area (Å²) in [6.07, 6.45) is -0.595. The molecule has 3 N–H and O–H groups in total. The first-order chi connectivity index (χ1) is 10.0. The van der Waals surface area contributed by atoms with Gasteiger partial charge in [-0.1, -0.05) is 30.3 Å². The van der Waals surface area contributed by atoms with Crippen LogP contribution in [0.1, 0.15) is 22.7 Å². The van der Waals surface area contributed by atoms with Crippen LogP contribution in [0.4, 0.5) is 14.9 Å². The van der Waals surface area contributed by atoms with E-state index in [0.29, 0.717) is 16.8 Å². The van der Waals surface area contributed by atoms with Gasteiger partial charge in [-0.15, -0.1) is 0 Å². The summed E-state index contributed by atoms with van der Waals surface area (Å²) in [4.78, 5) is 11.4. The van der Waals surface area contributed by atoms with Crippen molar-refractivity contribution in [1.29, 1.82) is 0 Å². The van der Waals surface area contributed by atoms with Crippen LogP contribution in [0, 0.1) is 12.7 Å². The molecule has 110 valence electrons. The number of ether oxygens (including phenoxy) is 1. The number of halogens is 1. The van der Waals surface area contributed by atoms with Gasteiger partial charge in [0.25, 0.3) is 0 Å². The van der Waals surface area contributed by atoms with Gasteiger partial charge in [0.1, 0.15) is 5.82 Å². The molecule has 0 radical (unpaired) electrons. The minimum atomic E-state index is -0.682. The van der Waals surface area contributed by atoms with Crippen LogP contribution < -0.4 is 11.1 Å². The lowest BCUT2D eigenvalue weighted by molar-refractivity contribution is 0.187. The number of aryl methyl sites for hydroxylation is 1. The van der Waals surface area contributed by atoms with E-state index in [0.717, 1.165) is 5.56 Å². The highest BCUT2D eigenvalue weighted by atomic mass is 19.1. The maximum Gasteiger partial charge on any atom is 0.411 e. The van der Waals surface area contributed by atoms with Gasteiger partial charge in [0.05, 0.1) is 13.2 Å². The molecule has 0 fully saturated rings. The Morgan fingerprint density at radius 1 is 1.24 bits per heavy atom. The number of rotatable bonds is 3. The van der Waals surface area contributed by atoms with E-state index >= 15 is 0 Å². The molecule has 2 aromatic carbocycles. The summed E-state index contributed by atoms with van der Waals surface area (Å²) in [6.45, 7) is 1.89. The summed E-state index contributed by atoms with van der Waals surface area (Å²) in [5.41, 5.74) is 8.61. The largest absolute Gasteiger partial charge is 0.453 e. The molecule has 0 bridgehead atoms. The molecule has 21 heavy (non-hydrogen) atoms. The Labute approximate surface area is 122 Å². The van der Waals surface area contributed by atoms with E-state index in [1.807, 2.05) is 13.0 Å². The van der Waals surface area contributed by atoms with Crippen molar-refractivity contribution in [3.05, 3.63) is 65.0 Å². The van der Waals surface area contributed by atoms with Crippen molar-refractivity contribution in [2.24, 2.45) is 5.73 Å². The Morgan fingerprint density at radius 3 is 2.62 bits per heavy atom. The Balaban J connectivity index is 2.43. The van der Waals surface area contributed by atoms with Crippen LogP contribution in [0.5, 0.6) is 0 Å². The molecule has 1 unspecified atom stereocenters. The number of benzene rings is 2. The monoisotopic (exact) mass is 288 g/mol. The van der Waals surface area contributed by atoms with Gasteiger partial charge in [0.2, 0.25) is 0 Å². The van der Waals surface area contributed by atoms with Crippen LogP contribution in [0.15, 0.2) is 42.5 Å². The molecule has 0 saturated heterocycles. The molecule has 0 saturated carbocycles. The van der Waals surface area contributed by atoms with E-state index in [1.54, 1.807) is 30.3 Å². The Kier molecular flexibility index (Phi) is 4.55. The predicted molar refractivity (Wildman–Crippen MR) is 79.6 cm³/mol. The lowest BCUT2D eigenvalue weighted by Gasteiger charge is -2.18. The van der Waals surface area contributed by atoms with Gasteiger partial charge in [-0.3, -0.25) is 5.32 Å². The van der Waals surface area contributed by atoms with Gasteiger partial charge in [-0.25, -0.2) is 9.18 Å². The van der Waals surface area contributed by atoms with Crippen molar-refractivity contribution in [2.75, 3.05) is 12.4 Å². The first-order valence-electron chi connectivity index (χ1n) is 6.48. The van der Waals surface area contributed by atoms with Crippen molar-refractivity contribution in [3.8, 4) is 0 Å². The van der Waals surface area contributed by atoms with Crippen LogP contribution in [0.3, 0.4) is 0 Å². The Hall–Kier alpha value is -2.40. The van der Waals surface area contributed by atoms with Crippen molar-refractivity contribution >= 4 is 11.8 Å². The fraction of sp³-hybridized carbons (Fsp3) is 0.188. The zero-order chi connectivity index (χ0) is 15.4. The minimum Gasteiger partial charge on any atom is -0.453 e. The topological polar surface area (TPSA) is 64.3 Å². The molecule has 0 heterocycles. The van der Waals surface area contributed by atoms with Crippen molar-refractivity contribution in [1.82, 2.24) is 0 Å². The van der Waals surface area contributed by atoms with Crippen molar-refractivity contribution in [2.45, 2.75) is 13.0 Å². The second-order valence-electron chi connectivity index (χ2n) is 4.71. The summed E-state index contributed by atoms with van der Waals surface area (Å²) in [7, 11) is 1.28. The smallest absolute Gasteiger partial charge is 0.411 e. The molecule has 0 spiro atoms. The Morgan fingerprint density at radius 2 is 1.95 bits per heavy atom. The van der Waals surface area contributed by atoms with Gasteiger partial charge >= 0.3 is 6.09 Å². The second kappa shape index (κ2) is 6.37. The van der Waals surface area contributed by atoms with E-state index in [1.165, 1.54) is 13.2 Å². The number of anilines is 1. The molecule has 0 aliphatic carbocycles. The maximum atomic E-state index is 13.9. The third-order valence-corrected chi connectivity index (χ3v) is 3.21. The zero-order valence-corrected chi connectivity index (χ0v) is 11.9. The highest BCUT2D eigenvalue weighted by Crippen LogP contribution is 2.29. The normalized spacial score (nSPS) is 11.8. The quantitative estimate of drug-likeness (QED) is 0.910. The second-order valence-corrected chi connectivity index (χ2v) is 4.71. The van der Waals surface area contributed by atoms with Gasteiger partial charge < -0.3 is 10.5 Å². The number of hydrogen-bond donors (Lipinski definition) is 2. The van der Waals surface area contributed by atoms with E-state index in [2.05, 4.69) is 10.1 Å². The maximum absolute atomic E-state index is 13.9. The number of nitrogens with one attached hydrogen (secondary N) is 1. The van der Waals surface area contributed by atoms with Crippen LogP contribution in [-0.4, -0.2) is 13.2 Å². The number of carbonyl (C=O) groups excluding carboxylic acids is 1. The van der Waals surface area contributed by atoms with Crippen LogP contribution in [-0.2, 0) is 4.74 Å². The van der Waals surface area contributed by atoms with Crippen molar-refractivity contribution in [3.63, 3.8) is 0 Å². The first-order valence-corrected chi connectivity index (χ1v) is 6.48. The molecular weight excluding hydrogens is 271 g/mol. The average molecular weight is 288 g/mol. The first kappa shape index (κ1) is 15.0. The van der Waals surface area contributed by atoms with Crippen LogP contribution >= 0.6 is 0 Å². The molecule has 1 amide bonds. The number of methoxy groups -OCH3 is 1. The van der Waals surface area contributed by atoms with E-state index in [4.69, 9.17) is 5.73 Å². The molecule has 2 rings (SSSR count). The molecular formula is C16H17FN2O2. The molecule has 4 nitrogen and oxygen atoms in total. The zero-order valence-electron chi connectivity index (χ0n) is 11.9. The number of hydrogen-bond acceptors (Lipinski definition) is 3. The predicted octanol–water partition coefficient (Wildman–Crippen LogP) is 3.36. The molecule has 0 aliphatic rings. The lowest BCUT2D eigenvalue weighted by Crippen LogP contribution is -2.18. The molecule has 0 aromatic heterocycles. The Bertz CT molecular complexity index is 658. The summed E-state index contributed by atoms with van der Waals surface area (Å²) < 4.78 is 18.5. The van der Waals surface area contributed by atoms with Gasteiger partial charge in [0, 0.05) is 11.3 Å². The number of carbonyl (C=O) groups is 1. The van der Waals surface area contributed by atoms with E-state index < -0.39 is 12.1 Å². The number of amides is 1. The molecule has 2 aromatic rings. The third kappa shape index (κ3) is 3.38. The van der Waals surface area contributed by atoms with E-state index in [9.17, 15) is 9.18 Å². The summed E-state index contributed by atoms with van der Waals surface area (Å²) in [6, 6.07) is 11.0. The van der Waals surface area contributed by atoms with Gasteiger partial charge in [-0.05, 0) is 30.2 Å². The summed E-state index contributed by atoms with van der Waals surface area (Å²) in [5.74, 6) is -0.380. The molecule has 0 aliphatic heterocycles. The fourth-order valence-corrected chi connectivity index (χ4v) is 2.11. The lowest BCUT2D eigenvalue weighted by atomic mass is 9.96. The fourth-order valence-electron chi connectivity index (χ4n) is 2.11. The van der Waals surface area contributed by atoms with Crippen LogP contribution in [0.25, 0.3) is 0 Å². The van der Waals surface area contributed by atoms with Gasteiger partial charge in [-0.2, -0.15) is 0 Å². The third-order valence-electron chi connectivity index (χ3n) is 3.21. The number of nitrogens with two attached hydrogens (primary N) is 1. The van der Waals surface area contributed by atoms with Crippen molar-refractivity contribution < 1.29 is 13.9 Å². The standard InChI is InChI=1S/C16H17FN2O2/c1-10-7-8-12(14(9-10)19-16(20)21-2)15(18)11-5-3-4-6-13(11)17/h3-9,15H,18H2,1-2H3,(H,19,20). The summed E-state index contributed by atoms with van der Waals surface area (Å²) in [5, 5.41) is 2.61. The highest BCUT2D eigenvalue weighted by Gasteiger charge is 2.17. The van der Waals surface area contributed by atoms with Gasteiger partial charge in [0.15, 0.2) is 0 Å². The van der Waals surface area contributed by atoms with E-state index in [-0.39, 0.29) is 5.82 Å². The SMILES string of the molecule is COC(=O)Nc1cc(C)ccc1C(N)c1ccccc1F. The molecule has 5 heteroatoms. The molecule has 1 atom stereocenters.